The van der Waals surface area contributed by atoms with Crippen molar-refractivity contribution in [1.82, 2.24) is 0 Å². The maximum atomic E-state index is 11.2. The largest absolute Gasteiger partial charge is 0.478 e. The number of hydrogen-bond acceptors (Lipinski definition) is 4. The number of thiophene rings is 1. The highest BCUT2D eigenvalue weighted by Crippen LogP contribution is 2.15. The van der Waals surface area contributed by atoms with Crippen molar-refractivity contribution >= 4 is 23.3 Å². The van der Waals surface area contributed by atoms with E-state index in [1.807, 2.05) is 0 Å². The van der Waals surface area contributed by atoms with E-state index in [9.17, 15) is 9.59 Å². The normalized spacial score (nSPS) is 9.62. The SMILES string of the molecule is CCOC(=O)c1cscc1C(=O)O. The van der Waals surface area contributed by atoms with Crippen LogP contribution in [0.15, 0.2) is 10.8 Å². The van der Waals surface area contributed by atoms with Gasteiger partial charge in [0.05, 0.1) is 17.7 Å². The average Bonchev–Trinajstić information content (AvgIpc) is 2.52. The molecule has 0 aromatic carbocycles. The van der Waals surface area contributed by atoms with Gasteiger partial charge in [-0.05, 0) is 6.92 Å². The quantitative estimate of drug-likeness (QED) is 0.753. The summed E-state index contributed by atoms with van der Waals surface area (Å²) >= 11 is 1.17. The number of aromatic carboxylic acids is 1. The summed E-state index contributed by atoms with van der Waals surface area (Å²) < 4.78 is 4.68. The molecule has 0 bridgehead atoms. The molecule has 1 aromatic heterocycles. The molecular formula is C8H8O4S. The second kappa shape index (κ2) is 4.04. The molecule has 0 aliphatic carbocycles. The van der Waals surface area contributed by atoms with Crippen molar-refractivity contribution in [2.75, 3.05) is 6.61 Å². The van der Waals surface area contributed by atoms with Crippen molar-refractivity contribution in [3.63, 3.8) is 0 Å². The number of rotatable bonds is 3. The summed E-state index contributed by atoms with van der Waals surface area (Å²) in [5, 5.41) is 11.6. The zero-order valence-corrected chi connectivity index (χ0v) is 7.76. The highest BCUT2D eigenvalue weighted by molar-refractivity contribution is 7.08. The standard InChI is InChI=1S/C8H8O4S/c1-2-12-8(11)6-4-13-3-5(6)7(9)10/h3-4H,2H2,1H3,(H,9,10). The Morgan fingerprint density at radius 2 is 2.08 bits per heavy atom. The van der Waals surface area contributed by atoms with Crippen LogP contribution in [-0.4, -0.2) is 23.7 Å². The predicted molar refractivity (Wildman–Crippen MR) is 47.2 cm³/mol. The van der Waals surface area contributed by atoms with Crippen LogP contribution in [0.4, 0.5) is 0 Å². The highest BCUT2D eigenvalue weighted by Gasteiger charge is 2.17. The summed E-state index contributed by atoms with van der Waals surface area (Å²) in [6.45, 7) is 1.92. The Labute approximate surface area is 78.8 Å². The van der Waals surface area contributed by atoms with Gasteiger partial charge < -0.3 is 9.84 Å². The van der Waals surface area contributed by atoms with Gasteiger partial charge in [0, 0.05) is 10.8 Å². The minimum absolute atomic E-state index is 0.00319. The Hall–Kier alpha value is -1.36. The van der Waals surface area contributed by atoms with Crippen LogP contribution >= 0.6 is 11.3 Å². The Bertz CT molecular complexity index is 329. The minimum atomic E-state index is -1.11. The van der Waals surface area contributed by atoms with E-state index in [-0.39, 0.29) is 17.7 Å². The van der Waals surface area contributed by atoms with Gasteiger partial charge in [-0.3, -0.25) is 0 Å². The van der Waals surface area contributed by atoms with Crippen molar-refractivity contribution in [3.05, 3.63) is 21.9 Å². The third-order valence-electron chi connectivity index (χ3n) is 1.39. The summed E-state index contributed by atoms with van der Waals surface area (Å²) in [4.78, 5) is 21.7. The van der Waals surface area contributed by atoms with E-state index in [2.05, 4.69) is 4.74 Å². The summed E-state index contributed by atoms with van der Waals surface area (Å²) in [6.07, 6.45) is 0. The van der Waals surface area contributed by atoms with Crippen LogP contribution in [0, 0.1) is 0 Å². The molecule has 0 atom stereocenters. The number of esters is 1. The van der Waals surface area contributed by atoms with Gasteiger partial charge in [-0.2, -0.15) is 11.3 Å². The van der Waals surface area contributed by atoms with Crippen LogP contribution in [0.5, 0.6) is 0 Å². The first kappa shape index (κ1) is 9.73. The van der Waals surface area contributed by atoms with Crippen molar-refractivity contribution in [3.8, 4) is 0 Å². The van der Waals surface area contributed by atoms with Crippen molar-refractivity contribution in [1.29, 1.82) is 0 Å². The molecule has 0 spiro atoms. The van der Waals surface area contributed by atoms with Crippen LogP contribution < -0.4 is 0 Å². The second-order valence-electron chi connectivity index (χ2n) is 2.22. The average molecular weight is 200 g/mol. The Morgan fingerprint density at radius 1 is 1.46 bits per heavy atom. The number of carboxylic acid groups (broad SMARTS) is 1. The first-order chi connectivity index (χ1) is 6.16. The topological polar surface area (TPSA) is 63.6 Å². The summed E-state index contributed by atoms with van der Waals surface area (Å²) in [5.74, 6) is -1.69. The number of hydrogen-bond donors (Lipinski definition) is 1. The lowest BCUT2D eigenvalue weighted by Crippen LogP contribution is -2.08. The van der Waals surface area contributed by atoms with Gasteiger partial charge in [0.25, 0.3) is 0 Å². The van der Waals surface area contributed by atoms with Crippen molar-refractivity contribution in [2.24, 2.45) is 0 Å². The van der Waals surface area contributed by atoms with Gasteiger partial charge in [0.15, 0.2) is 0 Å². The number of carbonyl (C=O) groups excluding carboxylic acids is 1. The zero-order valence-electron chi connectivity index (χ0n) is 6.94. The lowest BCUT2D eigenvalue weighted by molar-refractivity contribution is 0.0515. The molecular weight excluding hydrogens is 192 g/mol. The second-order valence-corrected chi connectivity index (χ2v) is 2.97. The number of carboxylic acids is 1. The Balaban J connectivity index is 2.93. The summed E-state index contributed by atoms with van der Waals surface area (Å²) in [5.41, 5.74) is 0.128. The molecule has 0 radical (unpaired) electrons. The molecule has 13 heavy (non-hydrogen) atoms. The van der Waals surface area contributed by atoms with Gasteiger partial charge in [-0.25, -0.2) is 9.59 Å². The lowest BCUT2D eigenvalue weighted by atomic mass is 10.2. The Kier molecular flexibility index (Phi) is 3.02. The highest BCUT2D eigenvalue weighted by atomic mass is 32.1. The molecule has 0 fully saturated rings. The van der Waals surface area contributed by atoms with Gasteiger partial charge in [-0.15, -0.1) is 0 Å². The Morgan fingerprint density at radius 3 is 2.62 bits per heavy atom. The maximum absolute atomic E-state index is 11.2. The molecule has 0 amide bonds. The van der Waals surface area contributed by atoms with Gasteiger partial charge in [-0.1, -0.05) is 0 Å². The molecule has 0 aliphatic rings. The minimum Gasteiger partial charge on any atom is -0.478 e. The third kappa shape index (κ3) is 2.06. The third-order valence-corrected chi connectivity index (χ3v) is 2.13. The first-order valence-electron chi connectivity index (χ1n) is 3.63. The van der Waals surface area contributed by atoms with Gasteiger partial charge in [0.2, 0.25) is 0 Å². The van der Waals surface area contributed by atoms with Crippen LogP contribution in [0.3, 0.4) is 0 Å². The first-order valence-corrected chi connectivity index (χ1v) is 4.57. The van der Waals surface area contributed by atoms with Crippen molar-refractivity contribution in [2.45, 2.75) is 6.92 Å². The van der Waals surface area contributed by atoms with E-state index in [0.29, 0.717) is 0 Å². The molecule has 0 unspecified atom stereocenters. The number of carbonyl (C=O) groups is 2. The molecule has 5 heteroatoms. The lowest BCUT2D eigenvalue weighted by Gasteiger charge is -1.99. The van der Waals surface area contributed by atoms with E-state index in [4.69, 9.17) is 5.11 Å². The van der Waals surface area contributed by atoms with E-state index < -0.39 is 11.9 Å². The van der Waals surface area contributed by atoms with Gasteiger partial charge in [0.1, 0.15) is 0 Å². The van der Waals surface area contributed by atoms with Crippen LogP contribution in [-0.2, 0) is 4.74 Å². The molecule has 70 valence electrons. The predicted octanol–water partition coefficient (Wildman–Crippen LogP) is 1.62. The van der Waals surface area contributed by atoms with E-state index in [0.717, 1.165) is 0 Å². The van der Waals surface area contributed by atoms with Crippen molar-refractivity contribution < 1.29 is 19.4 Å². The fourth-order valence-corrected chi connectivity index (χ4v) is 1.62. The number of ether oxygens (including phenoxy) is 1. The van der Waals surface area contributed by atoms with Gasteiger partial charge >= 0.3 is 11.9 Å². The van der Waals surface area contributed by atoms with E-state index in [1.54, 1.807) is 6.92 Å². The molecule has 1 aromatic rings. The maximum Gasteiger partial charge on any atom is 0.339 e. The molecule has 0 saturated carbocycles. The summed E-state index contributed by atoms with van der Waals surface area (Å²) in [7, 11) is 0. The molecule has 1 rings (SSSR count). The molecule has 1 N–H and O–H groups in total. The zero-order chi connectivity index (χ0) is 9.84. The monoisotopic (exact) mass is 200 g/mol. The molecule has 0 aliphatic heterocycles. The smallest absolute Gasteiger partial charge is 0.339 e. The molecule has 1 heterocycles. The molecule has 0 saturated heterocycles. The van der Waals surface area contributed by atoms with Crippen LogP contribution in [0.2, 0.25) is 0 Å². The fourth-order valence-electron chi connectivity index (χ4n) is 0.830. The van der Waals surface area contributed by atoms with Crippen LogP contribution in [0.25, 0.3) is 0 Å². The fraction of sp³-hybridized carbons (Fsp3) is 0.250. The van der Waals surface area contributed by atoms with E-state index >= 15 is 0 Å². The summed E-state index contributed by atoms with van der Waals surface area (Å²) in [6, 6.07) is 0. The molecule has 4 nitrogen and oxygen atoms in total. The van der Waals surface area contributed by atoms with E-state index in [1.165, 1.54) is 22.1 Å². The van der Waals surface area contributed by atoms with Crippen LogP contribution in [0.1, 0.15) is 27.6 Å².